The lowest BCUT2D eigenvalue weighted by Gasteiger charge is -2.18. The van der Waals surface area contributed by atoms with Gasteiger partial charge in [0.05, 0.1) is 6.54 Å². The molecule has 2 rings (SSSR count). The van der Waals surface area contributed by atoms with Gasteiger partial charge in [0.25, 0.3) is 5.91 Å². The van der Waals surface area contributed by atoms with Crippen LogP contribution in [0.2, 0.25) is 0 Å². The van der Waals surface area contributed by atoms with E-state index in [4.69, 9.17) is 0 Å². The number of hydrogen-bond donors (Lipinski definition) is 2. The number of hydrogen-bond acceptors (Lipinski definition) is 4. The van der Waals surface area contributed by atoms with Gasteiger partial charge in [-0.25, -0.2) is 4.79 Å². The molecular weight excluding hydrogens is 351 g/mol. The highest BCUT2D eigenvalue weighted by atomic mass is 19.4. The number of carbonyl (C=O) groups excluding carboxylic acids is 1. The number of halogens is 3. The summed E-state index contributed by atoms with van der Waals surface area (Å²) in [5.74, 6) is -0.581. The van der Waals surface area contributed by atoms with E-state index in [2.05, 4.69) is 20.4 Å². The maximum atomic E-state index is 12.6. The third kappa shape index (κ3) is 4.70. The van der Waals surface area contributed by atoms with E-state index in [1.54, 1.807) is 0 Å². The highest BCUT2D eigenvalue weighted by Crippen LogP contribution is 2.28. The van der Waals surface area contributed by atoms with Crippen molar-refractivity contribution in [1.29, 1.82) is 0 Å². The van der Waals surface area contributed by atoms with Gasteiger partial charge in [-0.1, -0.05) is 20.8 Å². The molecule has 0 aliphatic rings. The number of aromatic nitrogens is 4. The second kappa shape index (κ2) is 6.93. The normalized spacial score (nSPS) is 12.3. The minimum absolute atomic E-state index is 0.0397. The molecule has 142 valence electrons. The van der Waals surface area contributed by atoms with Crippen molar-refractivity contribution in [2.75, 3.05) is 6.54 Å². The first-order chi connectivity index (χ1) is 11.9. The Balaban J connectivity index is 2.05. The third-order valence-corrected chi connectivity index (χ3v) is 3.67. The number of rotatable bonds is 4. The van der Waals surface area contributed by atoms with Crippen molar-refractivity contribution in [3.63, 3.8) is 0 Å². The van der Waals surface area contributed by atoms with Crippen molar-refractivity contribution in [2.24, 2.45) is 0 Å². The van der Waals surface area contributed by atoms with Crippen LogP contribution in [0.3, 0.4) is 0 Å². The van der Waals surface area contributed by atoms with Gasteiger partial charge in [-0.2, -0.15) is 23.3 Å². The summed E-state index contributed by atoms with van der Waals surface area (Å²) in [6, 6.07) is 2.42. The predicted molar refractivity (Wildman–Crippen MR) is 87.9 cm³/mol. The van der Waals surface area contributed by atoms with E-state index in [0.29, 0.717) is 11.4 Å². The summed E-state index contributed by atoms with van der Waals surface area (Å²) >= 11 is 0. The molecule has 1 amide bonds. The van der Waals surface area contributed by atoms with Crippen LogP contribution in [0, 0.1) is 6.92 Å². The summed E-state index contributed by atoms with van der Waals surface area (Å²) in [4.78, 5) is 30.0. The van der Waals surface area contributed by atoms with Crippen molar-refractivity contribution >= 4 is 5.91 Å². The monoisotopic (exact) mass is 371 g/mol. The maximum Gasteiger partial charge on any atom is 0.435 e. The lowest BCUT2D eigenvalue weighted by molar-refractivity contribution is -0.141. The minimum atomic E-state index is -4.52. The lowest BCUT2D eigenvalue weighted by atomic mass is 9.91. The molecule has 0 fully saturated rings. The van der Waals surface area contributed by atoms with Gasteiger partial charge in [0, 0.05) is 23.3 Å². The molecule has 10 heteroatoms. The van der Waals surface area contributed by atoms with Crippen LogP contribution in [0.4, 0.5) is 13.2 Å². The molecule has 26 heavy (non-hydrogen) atoms. The van der Waals surface area contributed by atoms with E-state index in [-0.39, 0.29) is 24.2 Å². The van der Waals surface area contributed by atoms with Crippen LogP contribution in [0.25, 0.3) is 0 Å². The molecule has 0 radical (unpaired) electrons. The van der Waals surface area contributed by atoms with Crippen LogP contribution in [-0.4, -0.2) is 32.2 Å². The Morgan fingerprint density at radius 3 is 2.46 bits per heavy atom. The summed E-state index contributed by atoms with van der Waals surface area (Å²) in [5.41, 5.74) is -1.16. The SMILES string of the molecule is Cc1cc(C(F)(F)F)nn1CCNC(=O)c1cc(C(C)(C)C)[nH]c(=O)n1. The van der Waals surface area contributed by atoms with Crippen LogP contribution < -0.4 is 11.0 Å². The van der Waals surface area contributed by atoms with Crippen LogP contribution >= 0.6 is 0 Å². The van der Waals surface area contributed by atoms with Gasteiger partial charge in [-0.15, -0.1) is 0 Å². The van der Waals surface area contributed by atoms with E-state index >= 15 is 0 Å². The number of amides is 1. The Kier molecular flexibility index (Phi) is 5.24. The molecule has 0 aliphatic carbocycles. The summed E-state index contributed by atoms with van der Waals surface area (Å²) in [7, 11) is 0. The topological polar surface area (TPSA) is 92.7 Å². The fourth-order valence-electron chi connectivity index (χ4n) is 2.22. The van der Waals surface area contributed by atoms with Gasteiger partial charge < -0.3 is 10.3 Å². The predicted octanol–water partition coefficient (Wildman–Crippen LogP) is 2.02. The van der Waals surface area contributed by atoms with Gasteiger partial charge in [0.2, 0.25) is 0 Å². The zero-order chi connectivity index (χ0) is 19.7. The molecule has 0 bridgehead atoms. The second-order valence-electron chi connectivity index (χ2n) is 6.88. The Bertz CT molecular complexity index is 862. The molecule has 0 saturated heterocycles. The quantitative estimate of drug-likeness (QED) is 0.860. The Morgan fingerprint density at radius 1 is 1.27 bits per heavy atom. The molecule has 0 aliphatic heterocycles. The van der Waals surface area contributed by atoms with Crippen molar-refractivity contribution in [3.8, 4) is 0 Å². The Labute approximate surface area is 147 Å². The molecule has 7 nitrogen and oxygen atoms in total. The molecule has 2 heterocycles. The van der Waals surface area contributed by atoms with Crippen molar-refractivity contribution < 1.29 is 18.0 Å². The number of alkyl halides is 3. The minimum Gasteiger partial charge on any atom is -0.349 e. The Morgan fingerprint density at radius 2 is 1.92 bits per heavy atom. The van der Waals surface area contributed by atoms with E-state index in [1.807, 2.05) is 20.8 Å². The van der Waals surface area contributed by atoms with Crippen molar-refractivity contribution in [3.05, 3.63) is 45.4 Å². The smallest absolute Gasteiger partial charge is 0.349 e. The standard InChI is InChI=1S/C16H20F3N5O2/c1-9-7-12(16(17,18)19)23-24(9)6-5-20-13(25)10-8-11(15(2,3)4)22-14(26)21-10/h7-8H,5-6H2,1-4H3,(H,20,25)(H,21,22,26). The van der Waals surface area contributed by atoms with Crippen LogP contribution in [-0.2, 0) is 18.1 Å². The molecular formula is C16H20F3N5O2. The molecule has 2 N–H and O–H groups in total. The first-order valence-corrected chi connectivity index (χ1v) is 7.89. The van der Waals surface area contributed by atoms with Crippen LogP contribution in [0.5, 0.6) is 0 Å². The third-order valence-electron chi connectivity index (χ3n) is 3.67. The summed E-state index contributed by atoms with van der Waals surface area (Å²) in [6.07, 6.45) is -4.52. The second-order valence-corrected chi connectivity index (χ2v) is 6.88. The molecule has 2 aromatic heterocycles. The number of carbonyl (C=O) groups is 1. The highest BCUT2D eigenvalue weighted by Gasteiger charge is 2.34. The number of nitrogens with one attached hydrogen (secondary N) is 2. The fraction of sp³-hybridized carbons (Fsp3) is 0.500. The van der Waals surface area contributed by atoms with Crippen LogP contribution in [0.1, 0.15) is 48.3 Å². The zero-order valence-corrected chi connectivity index (χ0v) is 14.9. The summed E-state index contributed by atoms with van der Waals surface area (Å²) < 4.78 is 39.1. The number of nitrogens with zero attached hydrogens (tertiary/aromatic N) is 3. The number of aromatic amines is 1. The van der Waals surface area contributed by atoms with E-state index in [1.165, 1.54) is 13.0 Å². The molecule has 0 spiro atoms. The number of H-pyrrole nitrogens is 1. The fourth-order valence-corrected chi connectivity index (χ4v) is 2.22. The molecule has 2 aromatic rings. The first kappa shape index (κ1) is 19.7. The molecule has 0 unspecified atom stereocenters. The summed E-state index contributed by atoms with van der Waals surface area (Å²) in [5, 5.41) is 6.01. The van der Waals surface area contributed by atoms with Crippen molar-refractivity contribution in [2.45, 2.75) is 45.8 Å². The molecule has 0 saturated carbocycles. The highest BCUT2D eigenvalue weighted by molar-refractivity contribution is 5.92. The van der Waals surface area contributed by atoms with Gasteiger partial charge >= 0.3 is 11.9 Å². The van der Waals surface area contributed by atoms with Gasteiger partial charge in [0.15, 0.2) is 5.69 Å². The van der Waals surface area contributed by atoms with Crippen LogP contribution in [0.15, 0.2) is 16.9 Å². The van der Waals surface area contributed by atoms with E-state index in [9.17, 15) is 22.8 Å². The summed E-state index contributed by atoms with van der Waals surface area (Å²) in [6.45, 7) is 7.22. The number of aryl methyl sites for hydroxylation is 1. The average molecular weight is 371 g/mol. The average Bonchev–Trinajstić information content (AvgIpc) is 2.87. The first-order valence-electron chi connectivity index (χ1n) is 7.89. The van der Waals surface area contributed by atoms with E-state index in [0.717, 1.165) is 10.7 Å². The maximum absolute atomic E-state index is 12.6. The lowest BCUT2D eigenvalue weighted by Crippen LogP contribution is -2.32. The van der Waals surface area contributed by atoms with Gasteiger partial charge in [-0.05, 0) is 19.1 Å². The molecule has 0 atom stereocenters. The molecule has 0 aromatic carbocycles. The van der Waals surface area contributed by atoms with E-state index < -0.39 is 23.5 Å². The Hall–Kier alpha value is -2.65. The van der Waals surface area contributed by atoms with Gasteiger partial charge in [0.1, 0.15) is 5.69 Å². The van der Waals surface area contributed by atoms with Gasteiger partial charge in [-0.3, -0.25) is 9.48 Å². The zero-order valence-electron chi connectivity index (χ0n) is 14.9. The largest absolute Gasteiger partial charge is 0.435 e. The van der Waals surface area contributed by atoms with Crippen molar-refractivity contribution in [1.82, 2.24) is 25.1 Å².